The van der Waals surface area contributed by atoms with Crippen LogP contribution in [0.15, 0.2) is 0 Å². The Hall–Kier alpha value is -0.290. The summed E-state index contributed by atoms with van der Waals surface area (Å²) in [4.78, 5) is 0. The van der Waals surface area contributed by atoms with E-state index in [1.807, 2.05) is 0 Å². The first-order valence-corrected chi connectivity index (χ1v) is 5.73. The van der Waals surface area contributed by atoms with Crippen molar-refractivity contribution in [2.45, 2.75) is 51.7 Å². The summed E-state index contributed by atoms with van der Waals surface area (Å²) in [5.41, 5.74) is 5.83. The van der Waals surface area contributed by atoms with Gasteiger partial charge in [-0.25, -0.2) is 0 Å². The van der Waals surface area contributed by atoms with E-state index in [9.17, 15) is 13.2 Å². The number of nitrogens with two attached hydrogens (primary N) is 1. The zero-order valence-corrected chi connectivity index (χ0v) is 10.0. The van der Waals surface area contributed by atoms with E-state index in [1.54, 1.807) is 0 Å². The fraction of sp³-hybridized carbons (Fsp3) is 1.00. The van der Waals surface area contributed by atoms with Crippen LogP contribution in [0.2, 0.25) is 0 Å². The van der Waals surface area contributed by atoms with Gasteiger partial charge in [-0.3, -0.25) is 0 Å². The molecule has 0 aliphatic carbocycles. The van der Waals surface area contributed by atoms with Gasteiger partial charge >= 0.3 is 6.18 Å². The minimum Gasteiger partial charge on any atom is -0.372 e. The van der Waals surface area contributed by atoms with Gasteiger partial charge in [-0.1, -0.05) is 26.7 Å². The Morgan fingerprint density at radius 3 is 2.25 bits per heavy atom. The van der Waals surface area contributed by atoms with Gasteiger partial charge in [0.25, 0.3) is 0 Å². The molecule has 0 heterocycles. The Balaban J connectivity index is 3.22. The molecule has 5 heteroatoms. The topological polar surface area (TPSA) is 35.2 Å². The molecule has 2 N–H and O–H groups in total. The largest absolute Gasteiger partial charge is 0.411 e. The highest BCUT2D eigenvalue weighted by molar-refractivity contribution is 4.64. The van der Waals surface area contributed by atoms with Crippen molar-refractivity contribution in [3.05, 3.63) is 0 Å². The number of rotatable bonds is 8. The van der Waals surface area contributed by atoms with Gasteiger partial charge in [0, 0.05) is 12.6 Å². The molecule has 0 saturated heterocycles. The second-order valence-electron chi connectivity index (χ2n) is 4.42. The average molecular weight is 241 g/mol. The van der Waals surface area contributed by atoms with Crippen LogP contribution in [0.4, 0.5) is 13.2 Å². The standard InChI is InChI=1S/C11H22F3NO/c1-9(2)10(15)6-4-3-5-7-16-8-11(12,13)14/h9-10H,3-8,15H2,1-2H3. The van der Waals surface area contributed by atoms with E-state index >= 15 is 0 Å². The van der Waals surface area contributed by atoms with Crippen molar-refractivity contribution in [3.8, 4) is 0 Å². The van der Waals surface area contributed by atoms with Crippen LogP contribution in [0, 0.1) is 5.92 Å². The lowest BCUT2D eigenvalue weighted by molar-refractivity contribution is -0.174. The number of halogens is 3. The Kier molecular flexibility index (Phi) is 7.76. The fourth-order valence-corrected chi connectivity index (χ4v) is 1.28. The first-order chi connectivity index (χ1) is 7.33. The number of hydrogen-bond donors (Lipinski definition) is 1. The van der Waals surface area contributed by atoms with Gasteiger partial charge < -0.3 is 10.5 Å². The van der Waals surface area contributed by atoms with Crippen molar-refractivity contribution in [2.75, 3.05) is 13.2 Å². The van der Waals surface area contributed by atoms with Crippen LogP contribution in [-0.2, 0) is 4.74 Å². The van der Waals surface area contributed by atoms with Crippen LogP contribution in [-0.4, -0.2) is 25.4 Å². The molecule has 2 nitrogen and oxygen atoms in total. The molecule has 0 aromatic carbocycles. The van der Waals surface area contributed by atoms with Gasteiger partial charge in [-0.15, -0.1) is 0 Å². The zero-order valence-electron chi connectivity index (χ0n) is 10.0. The van der Waals surface area contributed by atoms with Gasteiger partial charge in [-0.2, -0.15) is 13.2 Å². The highest BCUT2D eigenvalue weighted by atomic mass is 19.4. The summed E-state index contributed by atoms with van der Waals surface area (Å²) in [7, 11) is 0. The maximum Gasteiger partial charge on any atom is 0.411 e. The molecule has 0 saturated carbocycles. The molecule has 1 atom stereocenters. The van der Waals surface area contributed by atoms with Crippen molar-refractivity contribution in [1.29, 1.82) is 0 Å². The van der Waals surface area contributed by atoms with E-state index in [4.69, 9.17) is 5.73 Å². The molecular weight excluding hydrogens is 219 g/mol. The van der Waals surface area contributed by atoms with E-state index in [0.717, 1.165) is 19.3 Å². The molecule has 0 radical (unpaired) electrons. The second kappa shape index (κ2) is 7.90. The molecule has 0 aliphatic heterocycles. The molecule has 0 fully saturated rings. The first-order valence-electron chi connectivity index (χ1n) is 5.73. The molecule has 1 unspecified atom stereocenters. The average Bonchev–Trinajstić information content (AvgIpc) is 2.14. The predicted molar refractivity (Wildman–Crippen MR) is 58.2 cm³/mol. The minimum absolute atomic E-state index is 0.177. The highest BCUT2D eigenvalue weighted by Gasteiger charge is 2.27. The number of hydrogen-bond acceptors (Lipinski definition) is 2. The summed E-state index contributed by atoms with van der Waals surface area (Å²) in [6.45, 7) is 3.17. The van der Waals surface area contributed by atoms with Crippen molar-refractivity contribution in [3.63, 3.8) is 0 Å². The number of alkyl halides is 3. The summed E-state index contributed by atoms with van der Waals surface area (Å²) < 4.78 is 39.5. The van der Waals surface area contributed by atoms with Crippen LogP contribution in [0.5, 0.6) is 0 Å². The third-order valence-electron chi connectivity index (χ3n) is 2.45. The highest BCUT2D eigenvalue weighted by Crippen LogP contribution is 2.15. The van der Waals surface area contributed by atoms with Crippen LogP contribution in [0.25, 0.3) is 0 Å². The van der Waals surface area contributed by atoms with Crippen molar-refractivity contribution >= 4 is 0 Å². The smallest absolute Gasteiger partial charge is 0.372 e. The lowest BCUT2D eigenvalue weighted by atomic mass is 9.99. The van der Waals surface area contributed by atoms with Crippen molar-refractivity contribution in [2.24, 2.45) is 11.7 Å². The normalized spacial score (nSPS) is 14.4. The summed E-state index contributed by atoms with van der Waals surface area (Å²) >= 11 is 0. The van der Waals surface area contributed by atoms with Crippen molar-refractivity contribution in [1.82, 2.24) is 0 Å². The summed E-state index contributed by atoms with van der Waals surface area (Å²) in [5.74, 6) is 0.460. The van der Waals surface area contributed by atoms with E-state index in [2.05, 4.69) is 18.6 Å². The lowest BCUT2D eigenvalue weighted by Gasteiger charge is -2.14. The predicted octanol–water partition coefficient (Wildman–Crippen LogP) is 3.11. The van der Waals surface area contributed by atoms with E-state index < -0.39 is 12.8 Å². The Labute approximate surface area is 95.3 Å². The lowest BCUT2D eigenvalue weighted by Crippen LogP contribution is -2.25. The molecule has 16 heavy (non-hydrogen) atoms. The maximum atomic E-state index is 11.7. The summed E-state index contributed by atoms with van der Waals surface area (Å²) in [5, 5.41) is 0. The third-order valence-corrected chi connectivity index (χ3v) is 2.45. The van der Waals surface area contributed by atoms with E-state index in [1.165, 1.54) is 0 Å². The van der Waals surface area contributed by atoms with Crippen LogP contribution >= 0.6 is 0 Å². The van der Waals surface area contributed by atoms with E-state index in [0.29, 0.717) is 12.3 Å². The Bertz CT molecular complexity index is 171. The molecule has 0 bridgehead atoms. The zero-order chi connectivity index (χ0) is 12.6. The maximum absolute atomic E-state index is 11.7. The SMILES string of the molecule is CC(C)C(N)CCCCCOCC(F)(F)F. The minimum atomic E-state index is -4.21. The number of unbranched alkanes of at least 4 members (excludes halogenated alkanes) is 2. The van der Waals surface area contributed by atoms with Crippen LogP contribution < -0.4 is 5.73 Å². The van der Waals surface area contributed by atoms with Gasteiger partial charge in [0.1, 0.15) is 6.61 Å². The molecule has 0 spiro atoms. The fourth-order valence-electron chi connectivity index (χ4n) is 1.28. The van der Waals surface area contributed by atoms with Gasteiger partial charge in [0.2, 0.25) is 0 Å². The molecule has 98 valence electrons. The molecule has 0 rings (SSSR count). The van der Waals surface area contributed by atoms with Crippen LogP contribution in [0.1, 0.15) is 39.5 Å². The van der Waals surface area contributed by atoms with Crippen LogP contribution in [0.3, 0.4) is 0 Å². The third kappa shape index (κ3) is 10.2. The molecule has 0 amide bonds. The molecule has 0 aromatic heterocycles. The second-order valence-corrected chi connectivity index (χ2v) is 4.42. The Morgan fingerprint density at radius 1 is 1.12 bits per heavy atom. The molecule has 0 aliphatic rings. The monoisotopic (exact) mass is 241 g/mol. The quantitative estimate of drug-likeness (QED) is 0.663. The first kappa shape index (κ1) is 15.7. The van der Waals surface area contributed by atoms with Gasteiger partial charge in [-0.05, 0) is 18.8 Å². The molecular formula is C11H22F3NO. The number of ether oxygens (including phenoxy) is 1. The van der Waals surface area contributed by atoms with E-state index in [-0.39, 0.29) is 12.6 Å². The van der Waals surface area contributed by atoms with Gasteiger partial charge in [0.05, 0.1) is 0 Å². The van der Waals surface area contributed by atoms with Gasteiger partial charge in [0.15, 0.2) is 0 Å². The summed E-state index contributed by atoms with van der Waals surface area (Å²) in [6, 6.07) is 0.191. The Morgan fingerprint density at radius 2 is 1.75 bits per heavy atom. The van der Waals surface area contributed by atoms with Crippen molar-refractivity contribution < 1.29 is 17.9 Å². The summed E-state index contributed by atoms with van der Waals surface area (Å²) in [6.07, 6.45) is -0.787. The molecule has 0 aromatic rings.